The smallest absolute Gasteiger partial charge is 0.0539 e. The molecule has 1 rings (SSSR count). The molecule has 0 aliphatic heterocycles. The maximum Gasteiger partial charge on any atom is 0.0539 e. The van der Waals surface area contributed by atoms with Crippen molar-refractivity contribution in [2.24, 2.45) is 7.05 Å². The Hall–Kier alpha value is -1.23. The van der Waals surface area contributed by atoms with Gasteiger partial charge in [0.25, 0.3) is 0 Å². The maximum absolute atomic E-state index is 5.43. The highest BCUT2D eigenvalue weighted by Crippen LogP contribution is 2.24. The molecule has 2 heteroatoms. The van der Waals surface area contributed by atoms with Crippen molar-refractivity contribution in [3.63, 3.8) is 0 Å². The summed E-state index contributed by atoms with van der Waals surface area (Å²) < 4.78 is 1.84. The summed E-state index contributed by atoms with van der Waals surface area (Å²) in [5.41, 5.74) is 2.06. The number of aromatic nitrogens is 2. The third-order valence-corrected chi connectivity index (χ3v) is 2.27. The molecule has 12 heavy (non-hydrogen) atoms. The van der Waals surface area contributed by atoms with E-state index in [-0.39, 0.29) is 5.41 Å². The van der Waals surface area contributed by atoms with Crippen molar-refractivity contribution in [1.82, 2.24) is 9.78 Å². The van der Waals surface area contributed by atoms with Gasteiger partial charge in [-0.25, -0.2) is 0 Å². The van der Waals surface area contributed by atoms with Crippen LogP contribution >= 0.6 is 0 Å². The molecule has 0 radical (unpaired) electrons. The Morgan fingerprint density at radius 3 is 2.50 bits per heavy atom. The molecule has 0 aliphatic carbocycles. The SMILES string of the molecule is C#CC(C)(C)c1cnn(C)c1C. The molecule has 0 bridgehead atoms. The second kappa shape index (κ2) is 2.67. The molecule has 0 amide bonds. The summed E-state index contributed by atoms with van der Waals surface area (Å²) in [6, 6.07) is 0. The van der Waals surface area contributed by atoms with Crippen LogP contribution in [0.15, 0.2) is 6.20 Å². The molecule has 0 aliphatic rings. The van der Waals surface area contributed by atoms with Crippen LogP contribution in [-0.2, 0) is 12.5 Å². The van der Waals surface area contributed by atoms with E-state index in [4.69, 9.17) is 6.42 Å². The molecule has 0 saturated heterocycles. The van der Waals surface area contributed by atoms with E-state index < -0.39 is 0 Å². The molecule has 0 saturated carbocycles. The van der Waals surface area contributed by atoms with Crippen LogP contribution in [0.4, 0.5) is 0 Å². The molecular weight excluding hydrogens is 148 g/mol. The summed E-state index contributed by atoms with van der Waals surface area (Å²) in [6.45, 7) is 6.08. The largest absolute Gasteiger partial charge is 0.273 e. The van der Waals surface area contributed by atoms with Crippen molar-refractivity contribution < 1.29 is 0 Å². The highest BCUT2D eigenvalue weighted by molar-refractivity contribution is 5.33. The fourth-order valence-corrected chi connectivity index (χ4v) is 1.19. The minimum absolute atomic E-state index is 0.210. The lowest BCUT2D eigenvalue weighted by atomic mass is 9.86. The topological polar surface area (TPSA) is 17.8 Å². The Bertz CT molecular complexity index is 326. The summed E-state index contributed by atoms with van der Waals surface area (Å²) >= 11 is 0. The van der Waals surface area contributed by atoms with E-state index in [2.05, 4.69) is 11.0 Å². The Labute approximate surface area is 73.6 Å². The zero-order valence-corrected chi connectivity index (χ0v) is 8.05. The number of hydrogen-bond donors (Lipinski definition) is 0. The van der Waals surface area contributed by atoms with Crippen LogP contribution in [0.3, 0.4) is 0 Å². The highest BCUT2D eigenvalue weighted by Gasteiger charge is 2.21. The standard InChI is InChI=1S/C10H14N2/c1-6-10(3,4)9-7-11-12(5)8(9)2/h1,7H,2-5H3. The van der Waals surface area contributed by atoms with Gasteiger partial charge in [-0.2, -0.15) is 5.10 Å². The highest BCUT2D eigenvalue weighted by atomic mass is 15.3. The molecule has 0 atom stereocenters. The van der Waals surface area contributed by atoms with Gasteiger partial charge in [0.15, 0.2) is 0 Å². The lowest BCUT2D eigenvalue weighted by Gasteiger charge is -2.16. The first-order valence-corrected chi connectivity index (χ1v) is 3.96. The molecule has 1 aromatic rings. The maximum atomic E-state index is 5.43. The first-order valence-electron chi connectivity index (χ1n) is 3.96. The van der Waals surface area contributed by atoms with Gasteiger partial charge >= 0.3 is 0 Å². The minimum atomic E-state index is -0.210. The van der Waals surface area contributed by atoms with Crippen molar-refractivity contribution in [1.29, 1.82) is 0 Å². The molecule has 0 N–H and O–H groups in total. The van der Waals surface area contributed by atoms with Gasteiger partial charge in [0.05, 0.1) is 11.6 Å². The Balaban J connectivity index is 3.22. The predicted octanol–water partition coefficient (Wildman–Crippen LogP) is 1.64. The number of aryl methyl sites for hydroxylation is 1. The Kier molecular flexibility index (Phi) is 1.97. The quantitative estimate of drug-likeness (QED) is 0.574. The second-order valence-electron chi connectivity index (χ2n) is 3.54. The van der Waals surface area contributed by atoms with E-state index in [0.717, 1.165) is 11.3 Å². The summed E-state index contributed by atoms with van der Waals surface area (Å²) in [5.74, 6) is 2.76. The molecule has 1 heterocycles. The molecule has 1 aromatic heterocycles. The van der Waals surface area contributed by atoms with Gasteiger partial charge in [0.1, 0.15) is 0 Å². The summed E-state index contributed by atoms with van der Waals surface area (Å²) in [6.07, 6.45) is 7.27. The van der Waals surface area contributed by atoms with Gasteiger partial charge in [-0.15, -0.1) is 6.42 Å². The molecule has 0 unspecified atom stereocenters. The van der Waals surface area contributed by atoms with E-state index in [0.29, 0.717) is 0 Å². The van der Waals surface area contributed by atoms with Crippen LogP contribution in [0, 0.1) is 19.3 Å². The monoisotopic (exact) mass is 162 g/mol. The van der Waals surface area contributed by atoms with E-state index in [1.165, 1.54) is 0 Å². The first kappa shape index (κ1) is 8.86. The van der Waals surface area contributed by atoms with Crippen LogP contribution in [-0.4, -0.2) is 9.78 Å². The second-order valence-corrected chi connectivity index (χ2v) is 3.54. The lowest BCUT2D eigenvalue weighted by molar-refractivity contribution is 0.681. The summed E-state index contributed by atoms with van der Waals surface area (Å²) in [7, 11) is 1.92. The van der Waals surface area contributed by atoms with Crippen LogP contribution in [0.5, 0.6) is 0 Å². The van der Waals surface area contributed by atoms with E-state index in [1.54, 1.807) is 0 Å². The molecule has 2 nitrogen and oxygen atoms in total. The first-order chi connectivity index (χ1) is 5.49. The van der Waals surface area contributed by atoms with Gasteiger partial charge in [-0.05, 0) is 20.8 Å². The van der Waals surface area contributed by atoms with Crippen LogP contribution in [0.25, 0.3) is 0 Å². The molecule has 0 spiro atoms. The van der Waals surface area contributed by atoms with E-state index in [9.17, 15) is 0 Å². The number of terminal acetylenes is 1. The van der Waals surface area contributed by atoms with Gasteiger partial charge in [-0.1, -0.05) is 5.92 Å². The predicted molar refractivity (Wildman–Crippen MR) is 49.8 cm³/mol. The van der Waals surface area contributed by atoms with Gasteiger partial charge in [-0.3, -0.25) is 4.68 Å². The summed E-state index contributed by atoms with van der Waals surface area (Å²) in [4.78, 5) is 0. The van der Waals surface area contributed by atoms with E-state index >= 15 is 0 Å². The third kappa shape index (κ3) is 1.23. The Morgan fingerprint density at radius 1 is 1.58 bits per heavy atom. The lowest BCUT2D eigenvalue weighted by Crippen LogP contribution is -2.14. The van der Waals surface area contributed by atoms with Crippen molar-refractivity contribution in [3.05, 3.63) is 17.5 Å². The molecule has 64 valence electrons. The zero-order chi connectivity index (χ0) is 9.35. The fourth-order valence-electron chi connectivity index (χ4n) is 1.19. The van der Waals surface area contributed by atoms with E-state index in [1.807, 2.05) is 38.7 Å². The van der Waals surface area contributed by atoms with Crippen molar-refractivity contribution in [3.8, 4) is 12.3 Å². The van der Waals surface area contributed by atoms with Crippen molar-refractivity contribution in [2.75, 3.05) is 0 Å². The molecule has 0 aromatic carbocycles. The number of hydrogen-bond acceptors (Lipinski definition) is 1. The van der Waals surface area contributed by atoms with Crippen LogP contribution in [0.2, 0.25) is 0 Å². The minimum Gasteiger partial charge on any atom is -0.273 e. The van der Waals surface area contributed by atoms with Gasteiger partial charge in [0.2, 0.25) is 0 Å². The Morgan fingerprint density at radius 2 is 2.17 bits per heavy atom. The molecule has 0 fully saturated rings. The molecular formula is C10H14N2. The van der Waals surface area contributed by atoms with Crippen molar-refractivity contribution >= 4 is 0 Å². The van der Waals surface area contributed by atoms with Gasteiger partial charge < -0.3 is 0 Å². The van der Waals surface area contributed by atoms with Crippen molar-refractivity contribution in [2.45, 2.75) is 26.2 Å². The van der Waals surface area contributed by atoms with Crippen LogP contribution < -0.4 is 0 Å². The fraction of sp³-hybridized carbons (Fsp3) is 0.500. The average Bonchev–Trinajstić information content (AvgIpc) is 2.33. The normalized spacial score (nSPS) is 11.2. The average molecular weight is 162 g/mol. The zero-order valence-electron chi connectivity index (χ0n) is 8.05. The summed E-state index contributed by atoms with van der Waals surface area (Å²) in [5, 5.41) is 4.15. The number of nitrogens with zero attached hydrogens (tertiary/aromatic N) is 2. The van der Waals surface area contributed by atoms with Gasteiger partial charge in [0, 0.05) is 18.3 Å². The van der Waals surface area contributed by atoms with Crippen LogP contribution in [0.1, 0.15) is 25.1 Å². The third-order valence-electron chi connectivity index (χ3n) is 2.27. The number of rotatable bonds is 1.